The van der Waals surface area contributed by atoms with Crippen LogP contribution in [0.3, 0.4) is 0 Å². The first-order valence-corrected chi connectivity index (χ1v) is 8.51. The molecule has 0 saturated carbocycles. The molecule has 0 radical (unpaired) electrons. The van der Waals surface area contributed by atoms with E-state index in [0.29, 0.717) is 25.3 Å². The van der Waals surface area contributed by atoms with Crippen LogP contribution in [0.4, 0.5) is 4.39 Å². The number of hydrogen-bond acceptors (Lipinski definition) is 3. The predicted octanol–water partition coefficient (Wildman–Crippen LogP) is 3.72. The van der Waals surface area contributed by atoms with E-state index < -0.39 is 0 Å². The van der Waals surface area contributed by atoms with Crippen molar-refractivity contribution < 1.29 is 18.7 Å². The normalized spacial score (nSPS) is 19.2. The largest absolute Gasteiger partial charge is 0.464 e. The fraction of sp³-hybridized carbons (Fsp3) is 0.190. The summed E-state index contributed by atoms with van der Waals surface area (Å²) in [6, 6.07) is 13.8. The lowest BCUT2D eigenvalue weighted by Crippen LogP contribution is -2.42. The van der Waals surface area contributed by atoms with E-state index in [1.54, 1.807) is 23.1 Å². The Bertz CT molecular complexity index is 873. The SMILES string of the molecule is O=C(C1=Cc2ccccc2OC=C1)N1CCOC(c2ccc(F)cc2)C1. The lowest BCUT2D eigenvalue weighted by molar-refractivity contribution is -0.134. The molecule has 0 N–H and O–H groups in total. The van der Waals surface area contributed by atoms with Crippen LogP contribution in [0.2, 0.25) is 0 Å². The van der Waals surface area contributed by atoms with Gasteiger partial charge in [0.15, 0.2) is 0 Å². The summed E-state index contributed by atoms with van der Waals surface area (Å²) in [6.45, 7) is 1.39. The van der Waals surface area contributed by atoms with Crippen LogP contribution in [0.25, 0.3) is 6.08 Å². The zero-order valence-electron chi connectivity index (χ0n) is 14.1. The lowest BCUT2D eigenvalue weighted by atomic mass is 10.1. The fourth-order valence-electron chi connectivity index (χ4n) is 3.13. The van der Waals surface area contributed by atoms with Crippen LogP contribution in [-0.2, 0) is 9.53 Å². The molecular weight excluding hydrogens is 333 g/mol. The summed E-state index contributed by atoms with van der Waals surface area (Å²) in [5, 5.41) is 0. The summed E-state index contributed by atoms with van der Waals surface area (Å²) in [5.74, 6) is 0.361. The van der Waals surface area contributed by atoms with Gasteiger partial charge in [0, 0.05) is 17.7 Å². The molecule has 0 aromatic heterocycles. The Morgan fingerprint density at radius 1 is 1.12 bits per heavy atom. The summed E-state index contributed by atoms with van der Waals surface area (Å²) in [6.07, 6.45) is 4.80. The van der Waals surface area contributed by atoms with E-state index in [9.17, 15) is 9.18 Å². The molecule has 0 spiro atoms. The third-order valence-corrected chi connectivity index (χ3v) is 4.52. The van der Waals surface area contributed by atoms with Gasteiger partial charge in [0.05, 0.1) is 19.4 Å². The second kappa shape index (κ2) is 7.14. The monoisotopic (exact) mass is 351 g/mol. The molecule has 2 heterocycles. The number of halogens is 1. The number of para-hydroxylation sites is 1. The third kappa shape index (κ3) is 3.39. The minimum absolute atomic E-state index is 0.0723. The van der Waals surface area contributed by atoms with Gasteiger partial charge < -0.3 is 14.4 Å². The second-order valence-electron chi connectivity index (χ2n) is 6.22. The van der Waals surface area contributed by atoms with Crippen molar-refractivity contribution in [1.82, 2.24) is 4.90 Å². The van der Waals surface area contributed by atoms with Gasteiger partial charge in [-0.3, -0.25) is 4.79 Å². The standard InChI is InChI=1S/C21H18FNO3/c22-18-7-5-15(6-8-18)20-14-23(10-12-26-20)21(24)17-9-11-25-19-4-2-1-3-16(19)13-17/h1-9,11,13,20H,10,12,14H2. The number of amides is 1. The fourth-order valence-corrected chi connectivity index (χ4v) is 3.13. The van der Waals surface area contributed by atoms with E-state index in [4.69, 9.17) is 9.47 Å². The Balaban J connectivity index is 1.54. The summed E-state index contributed by atoms with van der Waals surface area (Å²) in [7, 11) is 0. The van der Waals surface area contributed by atoms with Crippen LogP contribution >= 0.6 is 0 Å². The van der Waals surface area contributed by atoms with Crippen LogP contribution in [0.1, 0.15) is 17.2 Å². The maximum Gasteiger partial charge on any atom is 0.254 e. The Morgan fingerprint density at radius 2 is 1.92 bits per heavy atom. The van der Waals surface area contributed by atoms with E-state index in [1.807, 2.05) is 30.3 Å². The highest BCUT2D eigenvalue weighted by Gasteiger charge is 2.27. The Kier molecular flexibility index (Phi) is 4.54. The molecule has 26 heavy (non-hydrogen) atoms. The number of fused-ring (bicyclic) bond motifs is 1. The second-order valence-corrected chi connectivity index (χ2v) is 6.22. The molecular formula is C21H18FNO3. The minimum Gasteiger partial charge on any atom is -0.464 e. The van der Waals surface area contributed by atoms with Crippen LogP contribution in [0.15, 0.2) is 66.4 Å². The molecule has 2 aliphatic heterocycles. The molecule has 4 nitrogen and oxygen atoms in total. The van der Waals surface area contributed by atoms with Gasteiger partial charge in [-0.1, -0.05) is 30.3 Å². The van der Waals surface area contributed by atoms with Gasteiger partial charge in [-0.15, -0.1) is 0 Å². The molecule has 5 heteroatoms. The van der Waals surface area contributed by atoms with Crippen molar-refractivity contribution in [3.8, 4) is 5.75 Å². The average Bonchev–Trinajstić information content (AvgIpc) is 2.90. The quantitative estimate of drug-likeness (QED) is 0.828. The number of carbonyl (C=O) groups is 1. The first-order chi connectivity index (χ1) is 12.7. The average molecular weight is 351 g/mol. The number of carbonyl (C=O) groups excluding carboxylic acids is 1. The van der Waals surface area contributed by atoms with Crippen LogP contribution in [0, 0.1) is 5.82 Å². The summed E-state index contributed by atoms with van der Waals surface area (Å²) in [4.78, 5) is 14.7. The molecule has 0 bridgehead atoms. The van der Waals surface area contributed by atoms with Gasteiger partial charge in [0.25, 0.3) is 5.91 Å². The van der Waals surface area contributed by atoms with Crippen molar-refractivity contribution in [1.29, 1.82) is 0 Å². The topological polar surface area (TPSA) is 38.8 Å². The van der Waals surface area contributed by atoms with E-state index in [0.717, 1.165) is 16.9 Å². The molecule has 132 valence electrons. The highest BCUT2D eigenvalue weighted by Crippen LogP contribution is 2.27. The maximum absolute atomic E-state index is 13.1. The van der Waals surface area contributed by atoms with Crippen molar-refractivity contribution in [2.75, 3.05) is 19.7 Å². The Morgan fingerprint density at radius 3 is 2.77 bits per heavy atom. The summed E-state index contributed by atoms with van der Waals surface area (Å²) in [5.41, 5.74) is 2.29. The first-order valence-electron chi connectivity index (χ1n) is 8.51. The van der Waals surface area contributed by atoms with E-state index in [1.165, 1.54) is 18.4 Å². The number of hydrogen-bond donors (Lipinski definition) is 0. The molecule has 1 fully saturated rings. The highest BCUT2D eigenvalue weighted by atomic mass is 19.1. The summed E-state index contributed by atoms with van der Waals surface area (Å²) < 4.78 is 24.5. The predicted molar refractivity (Wildman–Crippen MR) is 95.9 cm³/mol. The molecule has 1 atom stereocenters. The molecule has 2 aromatic rings. The zero-order valence-corrected chi connectivity index (χ0v) is 14.1. The number of rotatable bonds is 2. The first kappa shape index (κ1) is 16.5. The lowest BCUT2D eigenvalue weighted by Gasteiger charge is -2.33. The molecule has 4 rings (SSSR count). The number of morpholine rings is 1. The van der Waals surface area contributed by atoms with E-state index in [-0.39, 0.29) is 17.8 Å². The van der Waals surface area contributed by atoms with Crippen LogP contribution < -0.4 is 4.74 Å². The van der Waals surface area contributed by atoms with Crippen molar-refractivity contribution in [3.63, 3.8) is 0 Å². The highest BCUT2D eigenvalue weighted by molar-refractivity contribution is 6.01. The zero-order chi connectivity index (χ0) is 17.9. The van der Waals surface area contributed by atoms with Gasteiger partial charge in [0.1, 0.15) is 17.7 Å². The molecule has 2 aromatic carbocycles. The molecule has 1 amide bonds. The Hall–Kier alpha value is -2.92. The molecule has 1 saturated heterocycles. The van der Waals surface area contributed by atoms with Crippen LogP contribution in [-0.4, -0.2) is 30.5 Å². The van der Waals surface area contributed by atoms with Gasteiger partial charge in [-0.25, -0.2) is 4.39 Å². The molecule has 0 aliphatic carbocycles. The molecule has 2 aliphatic rings. The maximum atomic E-state index is 13.1. The smallest absolute Gasteiger partial charge is 0.254 e. The third-order valence-electron chi connectivity index (χ3n) is 4.52. The van der Waals surface area contributed by atoms with Crippen molar-refractivity contribution >= 4 is 12.0 Å². The van der Waals surface area contributed by atoms with Crippen molar-refractivity contribution in [2.45, 2.75) is 6.10 Å². The Labute approximate surface area is 151 Å². The van der Waals surface area contributed by atoms with Crippen LogP contribution in [0.5, 0.6) is 5.75 Å². The van der Waals surface area contributed by atoms with Gasteiger partial charge >= 0.3 is 0 Å². The number of ether oxygens (including phenoxy) is 2. The van der Waals surface area contributed by atoms with Gasteiger partial charge in [-0.05, 0) is 35.9 Å². The van der Waals surface area contributed by atoms with Crippen molar-refractivity contribution in [3.05, 3.63) is 83.4 Å². The number of benzene rings is 2. The van der Waals surface area contributed by atoms with E-state index in [2.05, 4.69) is 0 Å². The van der Waals surface area contributed by atoms with Gasteiger partial charge in [-0.2, -0.15) is 0 Å². The van der Waals surface area contributed by atoms with E-state index >= 15 is 0 Å². The minimum atomic E-state index is -0.287. The number of nitrogens with zero attached hydrogens (tertiary/aromatic N) is 1. The molecule has 1 unspecified atom stereocenters. The summed E-state index contributed by atoms with van der Waals surface area (Å²) >= 11 is 0. The van der Waals surface area contributed by atoms with Crippen molar-refractivity contribution in [2.24, 2.45) is 0 Å². The van der Waals surface area contributed by atoms with Gasteiger partial charge in [0.2, 0.25) is 0 Å².